The molecule has 1 saturated heterocycles. The molecule has 17 heavy (non-hydrogen) atoms. The largest absolute Gasteiger partial charge is 0.395 e. The molecule has 0 aromatic heterocycles. The lowest BCUT2D eigenvalue weighted by atomic mass is 10.0. The normalized spacial score (nSPS) is 24.0. The quantitative estimate of drug-likeness (QED) is 0.852. The lowest BCUT2D eigenvalue weighted by molar-refractivity contribution is 0.242. The van der Waals surface area contributed by atoms with Gasteiger partial charge in [-0.15, -0.1) is 24.8 Å². The van der Waals surface area contributed by atoms with Gasteiger partial charge in [0.15, 0.2) is 0 Å². The average molecular weight is 281 g/mol. The summed E-state index contributed by atoms with van der Waals surface area (Å²) >= 11 is 0. The van der Waals surface area contributed by atoms with Gasteiger partial charge in [-0.2, -0.15) is 0 Å². The van der Waals surface area contributed by atoms with Crippen molar-refractivity contribution in [3.8, 4) is 0 Å². The fourth-order valence-electron chi connectivity index (χ4n) is 2.44. The molecule has 100 valence electrons. The number of hydrogen-bond donors (Lipinski definition) is 1. The van der Waals surface area contributed by atoms with E-state index < -0.39 is 0 Å². The van der Waals surface area contributed by atoms with Crippen molar-refractivity contribution in [3.05, 3.63) is 23.9 Å². The summed E-state index contributed by atoms with van der Waals surface area (Å²) in [5, 5.41) is 8.92. The van der Waals surface area contributed by atoms with Crippen LogP contribution in [-0.2, 0) is 0 Å². The summed E-state index contributed by atoms with van der Waals surface area (Å²) in [4.78, 5) is 4.60. The second-order valence-corrected chi connectivity index (χ2v) is 4.39. The molecule has 2 aliphatic heterocycles. The minimum atomic E-state index is 0. The molecular weight excluding hydrogens is 259 g/mol. The molecule has 1 N–H and O–H groups in total. The zero-order valence-electron chi connectivity index (χ0n) is 10.2. The highest BCUT2D eigenvalue weighted by molar-refractivity contribution is 5.85. The van der Waals surface area contributed by atoms with Gasteiger partial charge in [-0.05, 0) is 32.0 Å². The Bertz CT molecular complexity index is 282. The van der Waals surface area contributed by atoms with Crippen molar-refractivity contribution in [2.45, 2.75) is 18.9 Å². The van der Waals surface area contributed by atoms with Crippen LogP contribution < -0.4 is 0 Å². The monoisotopic (exact) mass is 280 g/mol. The van der Waals surface area contributed by atoms with Crippen molar-refractivity contribution >= 4 is 24.8 Å². The lowest BCUT2D eigenvalue weighted by Crippen LogP contribution is -2.31. The van der Waals surface area contributed by atoms with E-state index in [2.05, 4.69) is 35.2 Å². The van der Waals surface area contributed by atoms with Gasteiger partial charge in [-0.1, -0.05) is 12.2 Å². The first-order chi connectivity index (χ1) is 7.31. The molecule has 0 bridgehead atoms. The van der Waals surface area contributed by atoms with E-state index in [-0.39, 0.29) is 31.4 Å². The maximum Gasteiger partial charge on any atom is 0.0606 e. The van der Waals surface area contributed by atoms with E-state index in [1.807, 2.05) is 0 Å². The molecule has 2 rings (SSSR count). The summed E-state index contributed by atoms with van der Waals surface area (Å²) < 4.78 is 0. The number of nitrogens with zero attached hydrogens (tertiary/aromatic N) is 2. The number of rotatable bonds is 3. The predicted octanol–water partition coefficient (Wildman–Crippen LogP) is 1.67. The molecule has 0 aromatic carbocycles. The number of aliphatic hydroxyl groups excluding tert-OH is 1. The summed E-state index contributed by atoms with van der Waals surface area (Å²) in [6, 6.07) is 0.586. The first-order valence-corrected chi connectivity index (χ1v) is 5.74. The maximum atomic E-state index is 8.92. The second kappa shape index (κ2) is 7.98. The van der Waals surface area contributed by atoms with Gasteiger partial charge in [0, 0.05) is 25.3 Å². The van der Waals surface area contributed by atoms with Crippen molar-refractivity contribution in [1.29, 1.82) is 0 Å². The van der Waals surface area contributed by atoms with Crippen LogP contribution in [-0.4, -0.2) is 54.2 Å². The number of halogens is 2. The number of hydrogen-bond acceptors (Lipinski definition) is 3. The molecule has 3 nitrogen and oxygen atoms in total. The highest BCUT2D eigenvalue weighted by atomic mass is 35.5. The van der Waals surface area contributed by atoms with Gasteiger partial charge in [0.05, 0.1) is 6.61 Å². The van der Waals surface area contributed by atoms with E-state index in [0.717, 1.165) is 13.1 Å². The molecule has 0 spiro atoms. The van der Waals surface area contributed by atoms with Gasteiger partial charge in [0.25, 0.3) is 0 Å². The number of aliphatic hydroxyl groups is 1. The molecular formula is C12H22Cl2N2O. The second-order valence-electron chi connectivity index (χ2n) is 4.39. The maximum absolute atomic E-state index is 8.92. The summed E-state index contributed by atoms with van der Waals surface area (Å²) in [7, 11) is 2.19. The number of likely N-dealkylation sites (tertiary alicyclic amines) is 1. The molecule has 0 aromatic rings. The third-order valence-electron chi connectivity index (χ3n) is 3.27. The summed E-state index contributed by atoms with van der Waals surface area (Å²) in [6.45, 7) is 3.11. The van der Waals surface area contributed by atoms with E-state index in [1.54, 1.807) is 0 Å². The molecule has 5 heteroatoms. The molecule has 1 fully saturated rings. The topological polar surface area (TPSA) is 26.7 Å². The Labute approximate surface area is 116 Å². The van der Waals surface area contributed by atoms with Crippen LogP contribution in [0.25, 0.3) is 0 Å². The Balaban J connectivity index is 0.00000128. The fraction of sp³-hybridized carbons (Fsp3) is 0.667. The van der Waals surface area contributed by atoms with Crippen LogP contribution in [0.2, 0.25) is 0 Å². The van der Waals surface area contributed by atoms with Crippen LogP contribution in [0.5, 0.6) is 0 Å². The van der Waals surface area contributed by atoms with E-state index in [1.165, 1.54) is 25.0 Å². The standard InChI is InChI=1S/C12H20N2O.2ClH/c1-13-6-3-5-12(13)11-4-2-7-14(10-11)8-9-15;;/h2,4,10,12,15H,3,5-9H2,1H3;2*1H. The third kappa shape index (κ3) is 4.18. The van der Waals surface area contributed by atoms with Crippen molar-refractivity contribution in [3.63, 3.8) is 0 Å². The van der Waals surface area contributed by atoms with Gasteiger partial charge >= 0.3 is 0 Å². The SMILES string of the molecule is CN1CCCC1C1=CN(CCO)CC=C1.Cl.Cl. The van der Waals surface area contributed by atoms with Gasteiger partial charge in [-0.3, -0.25) is 4.90 Å². The fourth-order valence-corrected chi connectivity index (χ4v) is 2.44. The van der Waals surface area contributed by atoms with Crippen molar-refractivity contribution in [2.24, 2.45) is 0 Å². The van der Waals surface area contributed by atoms with Gasteiger partial charge in [0.2, 0.25) is 0 Å². The van der Waals surface area contributed by atoms with Gasteiger partial charge in [-0.25, -0.2) is 0 Å². The highest BCUT2D eigenvalue weighted by Crippen LogP contribution is 2.24. The lowest BCUT2D eigenvalue weighted by Gasteiger charge is -2.27. The molecule has 0 amide bonds. The Morgan fingerprint density at radius 3 is 2.76 bits per heavy atom. The Morgan fingerprint density at radius 2 is 2.18 bits per heavy atom. The average Bonchev–Trinajstić information content (AvgIpc) is 2.65. The summed E-state index contributed by atoms with van der Waals surface area (Å²) in [5.74, 6) is 0. The van der Waals surface area contributed by atoms with Crippen LogP contribution in [0, 0.1) is 0 Å². The minimum absolute atomic E-state index is 0. The molecule has 2 aliphatic rings. The Hall–Kier alpha value is -0.220. The van der Waals surface area contributed by atoms with Crippen molar-refractivity contribution < 1.29 is 5.11 Å². The van der Waals surface area contributed by atoms with Crippen LogP contribution in [0.4, 0.5) is 0 Å². The number of β-amino-alcohol motifs (C(OH)–C–C–N with tert-alkyl or cyclic N) is 1. The third-order valence-corrected chi connectivity index (χ3v) is 3.27. The van der Waals surface area contributed by atoms with Gasteiger partial charge in [0.1, 0.15) is 0 Å². The van der Waals surface area contributed by atoms with E-state index in [0.29, 0.717) is 6.04 Å². The summed E-state index contributed by atoms with van der Waals surface area (Å²) in [6.07, 6.45) is 9.20. The highest BCUT2D eigenvalue weighted by Gasteiger charge is 2.24. The van der Waals surface area contributed by atoms with Crippen LogP contribution in [0.1, 0.15) is 12.8 Å². The Morgan fingerprint density at radius 1 is 1.41 bits per heavy atom. The summed E-state index contributed by atoms with van der Waals surface area (Å²) in [5.41, 5.74) is 1.40. The van der Waals surface area contributed by atoms with Crippen LogP contribution >= 0.6 is 24.8 Å². The first-order valence-electron chi connectivity index (χ1n) is 5.74. The molecule has 0 radical (unpaired) electrons. The molecule has 2 heterocycles. The number of likely N-dealkylation sites (N-methyl/N-ethyl adjacent to an activating group) is 1. The smallest absolute Gasteiger partial charge is 0.0606 e. The zero-order chi connectivity index (χ0) is 10.7. The van der Waals surface area contributed by atoms with Crippen LogP contribution in [0.15, 0.2) is 23.9 Å². The first kappa shape index (κ1) is 16.8. The molecule has 1 unspecified atom stereocenters. The van der Waals surface area contributed by atoms with E-state index >= 15 is 0 Å². The van der Waals surface area contributed by atoms with Crippen molar-refractivity contribution in [1.82, 2.24) is 9.80 Å². The molecule has 0 saturated carbocycles. The van der Waals surface area contributed by atoms with Crippen molar-refractivity contribution in [2.75, 3.05) is 33.3 Å². The zero-order valence-corrected chi connectivity index (χ0v) is 11.8. The van der Waals surface area contributed by atoms with Gasteiger partial charge < -0.3 is 10.0 Å². The van der Waals surface area contributed by atoms with Crippen LogP contribution in [0.3, 0.4) is 0 Å². The minimum Gasteiger partial charge on any atom is -0.395 e. The predicted molar refractivity (Wildman–Crippen MR) is 76.0 cm³/mol. The molecule has 0 aliphatic carbocycles. The molecule has 1 atom stereocenters. The Kier molecular flexibility index (Phi) is 7.88. The van der Waals surface area contributed by atoms with E-state index in [9.17, 15) is 0 Å². The van der Waals surface area contributed by atoms with E-state index in [4.69, 9.17) is 5.11 Å².